The average Bonchev–Trinajstić information content (AvgIpc) is 2.99. The highest BCUT2D eigenvalue weighted by atomic mass is 16.2. The number of rotatable bonds is 8. The van der Waals surface area contributed by atoms with Crippen molar-refractivity contribution in [2.45, 2.75) is 25.3 Å². The molecule has 5 N–H and O–H groups in total. The Morgan fingerprint density at radius 2 is 1.65 bits per heavy atom. The number of nitrogens with two attached hydrogens (primary N) is 2. The minimum Gasteiger partial charge on any atom is -0.368 e. The van der Waals surface area contributed by atoms with Gasteiger partial charge in [0.15, 0.2) is 0 Å². The van der Waals surface area contributed by atoms with Crippen molar-refractivity contribution >= 4 is 17.7 Å². The fourth-order valence-electron chi connectivity index (χ4n) is 1.44. The van der Waals surface area contributed by atoms with Crippen LogP contribution in [0.3, 0.4) is 0 Å². The Kier molecular flexibility index (Phi) is 4.89. The van der Waals surface area contributed by atoms with E-state index in [1.165, 1.54) is 0 Å². The van der Waals surface area contributed by atoms with Gasteiger partial charge in [0.2, 0.25) is 17.7 Å². The van der Waals surface area contributed by atoms with Gasteiger partial charge in [0.05, 0.1) is 13.1 Å². The Labute approximate surface area is 99.5 Å². The van der Waals surface area contributed by atoms with Crippen molar-refractivity contribution in [1.82, 2.24) is 10.2 Å². The van der Waals surface area contributed by atoms with Crippen molar-refractivity contribution in [2.75, 3.05) is 19.6 Å². The molecule has 0 unspecified atom stereocenters. The van der Waals surface area contributed by atoms with Crippen LogP contribution in [0.5, 0.6) is 0 Å². The number of carbonyl (C=O) groups is 3. The molecular formula is C10H18N4O3. The number of carbonyl (C=O) groups excluding carboxylic acids is 3. The quantitative estimate of drug-likeness (QED) is 0.453. The molecule has 1 aliphatic rings. The fraction of sp³-hybridized carbons (Fsp3) is 0.700. The fourth-order valence-corrected chi connectivity index (χ4v) is 1.44. The lowest BCUT2D eigenvalue weighted by Crippen LogP contribution is -2.44. The molecule has 1 aliphatic carbocycles. The van der Waals surface area contributed by atoms with Crippen LogP contribution in [0.15, 0.2) is 0 Å². The first-order valence-electron chi connectivity index (χ1n) is 5.57. The Morgan fingerprint density at radius 1 is 1.12 bits per heavy atom. The molecule has 96 valence electrons. The molecule has 0 radical (unpaired) electrons. The largest absolute Gasteiger partial charge is 0.368 e. The van der Waals surface area contributed by atoms with Crippen molar-refractivity contribution in [1.29, 1.82) is 0 Å². The maximum atomic E-state index is 11.7. The molecule has 0 aliphatic heterocycles. The summed E-state index contributed by atoms with van der Waals surface area (Å²) < 4.78 is 0. The normalized spacial score (nSPS) is 14.4. The van der Waals surface area contributed by atoms with Crippen LogP contribution in [0.1, 0.15) is 19.3 Å². The molecule has 0 spiro atoms. The number of hydrogen-bond acceptors (Lipinski definition) is 4. The lowest BCUT2D eigenvalue weighted by molar-refractivity contribution is -0.138. The van der Waals surface area contributed by atoms with Crippen molar-refractivity contribution < 1.29 is 14.4 Å². The van der Waals surface area contributed by atoms with Crippen LogP contribution in [0, 0.1) is 0 Å². The van der Waals surface area contributed by atoms with Crippen LogP contribution in [0.25, 0.3) is 0 Å². The van der Waals surface area contributed by atoms with Crippen molar-refractivity contribution in [3.8, 4) is 0 Å². The molecular weight excluding hydrogens is 224 g/mol. The summed E-state index contributed by atoms with van der Waals surface area (Å²) in [5, 5.41) is 3.17. The molecule has 3 amide bonds. The van der Waals surface area contributed by atoms with Crippen molar-refractivity contribution in [2.24, 2.45) is 11.5 Å². The minimum atomic E-state index is -0.658. The van der Waals surface area contributed by atoms with Crippen LogP contribution in [0.2, 0.25) is 0 Å². The zero-order valence-corrected chi connectivity index (χ0v) is 9.65. The van der Waals surface area contributed by atoms with Gasteiger partial charge in [-0.05, 0) is 12.8 Å². The van der Waals surface area contributed by atoms with Gasteiger partial charge >= 0.3 is 0 Å². The summed E-state index contributed by atoms with van der Waals surface area (Å²) in [6.07, 6.45) is 2.51. The molecule has 0 heterocycles. The third kappa shape index (κ3) is 5.86. The van der Waals surface area contributed by atoms with Crippen LogP contribution in [0.4, 0.5) is 0 Å². The van der Waals surface area contributed by atoms with Gasteiger partial charge in [0.1, 0.15) is 0 Å². The third-order valence-electron chi connectivity index (χ3n) is 2.40. The first-order valence-corrected chi connectivity index (χ1v) is 5.57. The summed E-state index contributed by atoms with van der Waals surface area (Å²) in [4.78, 5) is 34.3. The van der Waals surface area contributed by atoms with Gasteiger partial charge in [-0.25, -0.2) is 0 Å². The van der Waals surface area contributed by atoms with Gasteiger partial charge in [0, 0.05) is 19.0 Å². The number of amides is 3. The van der Waals surface area contributed by atoms with Gasteiger partial charge < -0.3 is 21.7 Å². The zero-order valence-electron chi connectivity index (χ0n) is 9.65. The van der Waals surface area contributed by atoms with E-state index in [1.54, 1.807) is 0 Å². The molecule has 7 heteroatoms. The predicted molar refractivity (Wildman–Crippen MR) is 60.6 cm³/mol. The molecule has 7 nitrogen and oxygen atoms in total. The van der Waals surface area contributed by atoms with E-state index in [4.69, 9.17) is 11.5 Å². The molecule has 0 aromatic rings. The molecule has 1 saturated carbocycles. The lowest BCUT2D eigenvalue weighted by atomic mass is 10.3. The van der Waals surface area contributed by atoms with E-state index in [1.807, 2.05) is 0 Å². The third-order valence-corrected chi connectivity index (χ3v) is 2.40. The van der Waals surface area contributed by atoms with Crippen LogP contribution in [-0.2, 0) is 14.4 Å². The Balaban J connectivity index is 2.33. The first-order chi connectivity index (χ1) is 7.99. The molecule has 1 rings (SSSR count). The Morgan fingerprint density at radius 3 is 2.06 bits per heavy atom. The summed E-state index contributed by atoms with van der Waals surface area (Å²) in [5.41, 5.74) is 9.99. The summed E-state index contributed by atoms with van der Waals surface area (Å²) in [6.45, 7) is -0.00602. The molecule has 0 aromatic heterocycles. The highest BCUT2D eigenvalue weighted by Gasteiger charge is 2.22. The topological polar surface area (TPSA) is 119 Å². The smallest absolute Gasteiger partial charge is 0.237 e. The molecule has 17 heavy (non-hydrogen) atoms. The summed E-state index contributed by atoms with van der Waals surface area (Å²) in [6, 6.07) is 0.517. The van der Waals surface area contributed by atoms with Crippen molar-refractivity contribution in [3.05, 3.63) is 0 Å². The van der Waals surface area contributed by atoms with Crippen LogP contribution >= 0.6 is 0 Å². The molecule has 0 bridgehead atoms. The van der Waals surface area contributed by atoms with Gasteiger partial charge in [-0.15, -0.1) is 0 Å². The lowest BCUT2D eigenvalue weighted by Gasteiger charge is -2.19. The molecule has 0 saturated heterocycles. The van der Waals surface area contributed by atoms with Crippen LogP contribution < -0.4 is 16.8 Å². The number of hydrogen-bond donors (Lipinski definition) is 3. The first kappa shape index (κ1) is 13.4. The van der Waals surface area contributed by atoms with Gasteiger partial charge in [0.25, 0.3) is 0 Å². The van der Waals surface area contributed by atoms with Gasteiger partial charge in [-0.3, -0.25) is 14.4 Å². The summed E-state index contributed by atoms with van der Waals surface area (Å²) in [7, 11) is 0. The average molecular weight is 242 g/mol. The van der Waals surface area contributed by atoms with E-state index in [0.29, 0.717) is 12.6 Å². The zero-order chi connectivity index (χ0) is 12.8. The highest BCUT2D eigenvalue weighted by molar-refractivity contribution is 5.88. The second kappa shape index (κ2) is 6.19. The monoisotopic (exact) mass is 242 g/mol. The Hall–Kier alpha value is -1.63. The second-order valence-corrected chi connectivity index (χ2v) is 4.16. The van der Waals surface area contributed by atoms with Gasteiger partial charge in [-0.2, -0.15) is 0 Å². The number of nitrogens with one attached hydrogen (secondary N) is 1. The maximum Gasteiger partial charge on any atom is 0.237 e. The van der Waals surface area contributed by atoms with Gasteiger partial charge in [-0.1, -0.05) is 0 Å². The molecule has 1 fully saturated rings. The van der Waals surface area contributed by atoms with Crippen LogP contribution in [-0.4, -0.2) is 48.3 Å². The summed E-state index contributed by atoms with van der Waals surface area (Å²) in [5.74, 6) is -1.61. The Bertz CT molecular complexity index is 299. The predicted octanol–water partition coefficient (Wildman–Crippen LogP) is -2.07. The van der Waals surface area contributed by atoms with Crippen molar-refractivity contribution in [3.63, 3.8) is 0 Å². The summed E-state index contributed by atoms with van der Waals surface area (Å²) >= 11 is 0. The molecule has 0 atom stereocenters. The number of primary amides is 2. The van der Waals surface area contributed by atoms with E-state index in [0.717, 1.165) is 17.7 Å². The number of nitrogens with zero attached hydrogens (tertiary/aromatic N) is 1. The van der Waals surface area contributed by atoms with E-state index in [9.17, 15) is 14.4 Å². The van der Waals surface area contributed by atoms with E-state index in [-0.39, 0.29) is 25.4 Å². The maximum absolute atomic E-state index is 11.7. The SMILES string of the molecule is NC(=O)CN(CC(N)=O)C(=O)CCNC1CC1. The second-order valence-electron chi connectivity index (χ2n) is 4.16. The minimum absolute atomic E-state index is 0.233. The standard InChI is InChI=1S/C10H18N4O3/c11-8(15)5-14(6-9(12)16)10(17)3-4-13-7-1-2-7/h7,13H,1-6H2,(H2,11,15)(H2,12,16). The highest BCUT2D eigenvalue weighted by Crippen LogP contribution is 2.18. The van der Waals surface area contributed by atoms with E-state index >= 15 is 0 Å². The van der Waals surface area contributed by atoms with E-state index in [2.05, 4.69) is 5.32 Å². The van der Waals surface area contributed by atoms with E-state index < -0.39 is 11.8 Å². The molecule has 0 aromatic carbocycles.